The summed E-state index contributed by atoms with van der Waals surface area (Å²) < 4.78 is 10.1. The van der Waals surface area contributed by atoms with Crippen LogP contribution in [-0.4, -0.2) is 18.3 Å². The normalized spacial score (nSPS) is 10.7. The van der Waals surface area contributed by atoms with Crippen molar-refractivity contribution in [3.63, 3.8) is 0 Å². The smallest absolute Gasteiger partial charge is 0.417 e. The predicted molar refractivity (Wildman–Crippen MR) is 55.2 cm³/mol. The van der Waals surface area contributed by atoms with Gasteiger partial charge in [0, 0.05) is 0 Å². The molecule has 1 heterocycles. The number of hydrogen-bond donors (Lipinski definition) is 1. The highest BCUT2D eigenvalue weighted by molar-refractivity contribution is 7.98. The van der Waals surface area contributed by atoms with Gasteiger partial charge >= 0.3 is 5.76 Å². The van der Waals surface area contributed by atoms with E-state index in [9.17, 15) is 4.79 Å². The quantitative estimate of drug-likeness (QED) is 0.770. The Labute approximate surface area is 84.3 Å². The van der Waals surface area contributed by atoms with Crippen LogP contribution in [-0.2, 0) is 0 Å². The molecular formula is C9H9NO3S. The first-order valence-corrected chi connectivity index (χ1v) is 5.22. The summed E-state index contributed by atoms with van der Waals surface area (Å²) in [5.74, 6) is 0.156. The maximum atomic E-state index is 11.0. The van der Waals surface area contributed by atoms with Crippen molar-refractivity contribution >= 4 is 22.9 Å². The van der Waals surface area contributed by atoms with Crippen LogP contribution in [0.4, 0.5) is 0 Å². The summed E-state index contributed by atoms with van der Waals surface area (Å²) >= 11 is 1.52. The molecule has 0 aliphatic rings. The van der Waals surface area contributed by atoms with Crippen molar-refractivity contribution in [3.8, 4) is 5.75 Å². The lowest BCUT2D eigenvalue weighted by Crippen LogP contribution is -1.93. The number of thioether (sulfide) groups is 1. The van der Waals surface area contributed by atoms with Crippen LogP contribution in [0.15, 0.2) is 26.2 Å². The van der Waals surface area contributed by atoms with E-state index in [0.29, 0.717) is 16.8 Å². The van der Waals surface area contributed by atoms with Gasteiger partial charge < -0.3 is 9.15 Å². The van der Waals surface area contributed by atoms with Crippen LogP contribution >= 0.6 is 11.8 Å². The number of H-pyrrole nitrogens is 1. The molecule has 0 aliphatic heterocycles. The Balaban J connectivity index is 2.84. The Morgan fingerprint density at radius 1 is 1.50 bits per heavy atom. The minimum atomic E-state index is -0.459. The third-order valence-corrected chi connectivity index (χ3v) is 2.71. The van der Waals surface area contributed by atoms with Gasteiger partial charge in [0.05, 0.1) is 12.0 Å². The van der Waals surface area contributed by atoms with E-state index < -0.39 is 5.76 Å². The maximum absolute atomic E-state index is 11.0. The average molecular weight is 211 g/mol. The van der Waals surface area contributed by atoms with Gasteiger partial charge in [-0.3, -0.25) is 4.98 Å². The van der Waals surface area contributed by atoms with Gasteiger partial charge in [0.1, 0.15) is 11.3 Å². The zero-order valence-corrected chi connectivity index (χ0v) is 8.60. The zero-order valence-electron chi connectivity index (χ0n) is 7.79. The van der Waals surface area contributed by atoms with Gasteiger partial charge in [0.2, 0.25) is 0 Å². The number of fused-ring (bicyclic) bond motifs is 1. The predicted octanol–water partition coefficient (Wildman–Crippen LogP) is 1.85. The number of rotatable bonds is 2. The first-order chi connectivity index (χ1) is 6.76. The standard InChI is InChI=1S/C9H9NO3S/c1-12-5-3-4-6(14-2)8-7(5)10-9(11)13-8/h3-4H,1-2H3,(H,10,11). The molecule has 2 aromatic rings. The molecule has 0 saturated carbocycles. The maximum Gasteiger partial charge on any atom is 0.417 e. The van der Waals surface area contributed by atoms with E-state index in [2.05, 4.69) is 4.98 Å². The molecule has 0 aliphatic carbocycles. The molecule has 0 bridgehead atoms. The van der Waals surface area contributed by atoms with Crippen LogP contribution in [0.5, 0.6) is 5.75 Å². The number of benzene rings is 1. The topological polar surface area (TPSA) is 55.2 Å². The van der Waals surface area contributed by atoms with Gasteiger partial charge in [0.25, 0.3) is 0 Å². The highest BCUT2D eigenvalue weighted by atomic mass is 32.2. The minimum absolute atomic E-state index is 0.459. The van der Waals surface area contributed by atoms with E-state index in [0.717, 1.165) is 4.90 Å². The molecule has 0 saturated heterocycles. The molecule has 0 atom stereocenters. The van der Waals surface area contributed by atoms with E-state index in [1.54, 1.807) is 13.2 Å². The van der Waals surface area contributed by atoms with Crippen molar-refractivity contribution in [2.24, 2.45) is 0 Å². The summed E-state index contributed by atoms with van der Waals surface area (Å²) in [6, 6.07) is 3.67. The lowest BCUT2D eigenvalue weighted by molar-refractivity contribution is 0.418. The first-order valence-electron chi connectivity index (χ1n) is 4.00. The summed E-state index contributed by atoms with van der Waals surface area (Å²) in [4.78, 5) is 14.5. The molecule has 14 heavy (non-hydrogen) atoms. The molecule has 74 valence electrons. The lowest BCUT2D eigenvalue weighted by atomic mass is 10.3. The summed E-state index contributed by atoms with van der Waals surface area (Å²) in [6.45, 7) is 0. The number of oxazole rings is 1. The van der Waals surface area contributed by atoms with Gasteiger partial charge in [-0.15, -0.1) is 11.8 Å². The van der Waals surface area contributed by atoms with E-state index >= 15 is 0 Å². The second-order valence-corrected chi connectivity index (χ2v) is 3.54. The first kappa shape index (κ1) is 9.21. The molecule has 2 rings (SSSR count). The Hall–Kier alpha value is -1.36. The average Bonchev–Trinajstić information content (AvgIpc) is 2.57. The number of aromatic nitrogens is 1. The van der Waals surface area contributed by atoms with E-state index in [4.69, 9.17) is 9.15 Å². The lowest BCUT2D eigenvalue weighted by Gasteiger charge is -2.01. The fraction of sp³-hybridized carbons (Fsp3) is 0.222. The molecule has 0 amide bonds. The molecule has 1 aromatic carbocycles. The third kappa shape index (κ3) is 1.29. The molecular weight excluding hydrogens is 202 g/mol. The molecule has 0 fully saturated rings. The molecule has 1 aromatic heterocycles. The van der Waals surface area contributed by atoms with Gasteiger partial charge in [-0.2, -0.15) is 0 Å². The Morgan fingerprint density at radius 2 is 2.29 bits per heavy atom. The summed E-state index contributed by atoms with van der Waals surface area (Å²) in [5.41, 5.74) is 1.17. The number of methoxy groups -OCH3 is 1. The zero-order chi connectivity index (χ0) is 10.1. The van der Waals surface area contributed by atoms with Crippen LogP contribution < -0.4 is 10.5 Å². The second-order valence-electron chi connectivity index (χ2n) is 2.69. The van der Waals surface area contributed by atoms with Crippen LogP contribution in [0.25, 0.3) is 11.1 Å². The van der Waals surface area contributed by atoms with E-state index in [1.165, 1.54) is 11.8 Å². The fourth-order valence-electron chi connectivity index (χ4n) is 1.32. The molecule has 5 heteroatoms. The highest BCUT2D eigenvalue weighted by Gasteiger charge is 2.10. The second kappa shape index (κ2) is 3.42. The van der Waals surface area contributed by atoms with Crippen molar-refractivity contribution in [3.05, 3.63) is 22.7 Å². The van der Waals surface area contributed by atoms with Crippen LogP contribution in [0.1, 0.15) is 0 Å². The van der Waals surface area contributed by atoms with Gasteiger partial charge in [-0.25, -0.2) is 4.79 Å². The largest absolute Gasteiger partial charge is 0.494 e. The van der Waals surface area contributed by atoms with E-state index in [-0.39, 0.29) is 0 Å². The summed E-state index contributed by atoms with van der Waals surface area (Å²) in [7, 11) is 1.55. The molecule has 1 N–H and O–H groups in total. The molecule has 0 radical (unpaired) electrons. The van der Waals surface area contributed by atoms with Crippen molar-refractivity contribution in [2.75, 3.05) is 13.4 Å². The van der Waals surface area contributed by atoms with Crippen molar-refractivity contribution in [1.29, 1.82) is 0 Å². The number of aromatic amines is 1. The minimum Gasteiger partial charge on any atom is -0.494 e. The molecule has 0 spiro atoms. The Bertz CT molecular complexity index is 470. The third-order valence-electron chi connectivity index (χ3n) is 1.94. The SMILES string of the molecule is COc1ccc(SC)c2oc(=O)[nH]c12. The summed E-state index contributed by atoms with van der Waals surface area (Å²) in [6.07, 6.45) is 1.92. The van der Waals surface area contributed by atoms with Crippen molar-refractivity contribution in [1.82, 2.24) is 4.98 Å². The highest BCUT2D eigenvalue weighted by Crippen LogP contribution is 2.30. The number of hydrogen-bond acceptors (Lipinski definition) is 4. The van der Waals surface area contributed by atoms with Gasteiger partial charge in [0.15, 0.2) is 5.58 Å². The van der Waals surface area contributed by atoms with E-state index in [1.807, 2.05) is 12.3 Å². The number of nitrogens with one attached hydrogen (secondary N) is 1. The molecule has 0 unspecified atom stereocenters. The Kier molecular flexibility index (Phi) is 2.25. The van der Waals surface area contributed by atoms with Crippen LogP contribution in [0, 0.1) is 0 Å². The molecule has 4 nitrogen and oxygen atoms in total. The fourth-order valence-corrected chi connectivity index (χ4v) is 1.85. The van der Waals surface area contributed by atoms with Crippen molar-refractivity contribution < 1.29 is 9.15 Å². The van der Waals surface area contributed by atoms with Crippen LogP contribution in [0.3, 0.4) is 0 Å². The summed E-state index contributed by atoms with van der Waals surface area (Å²) in [5, 5.41) is 0. The van der Waals surface area contributed by atoms with Crippen molar-refractivity contribution in [2.45, 2.75) is 4.90 Å². The van der Waals surface area contributed by atoms with Gasteiger partial charge in [-0.05, 0) is 18.4 Å². The monoisotopic (exact) mass is 211 g/mol. The van der Waals surface area contributed by atoms with Crippen LogP contribution in [0.2, 0.25) is 0 Å². The Morgan fingerprint density at radius 3 is 2.93 bits per heavy atom. The van der Waals surface area contributed by atoms with Gasteiger partial charge in [-0.1, -0.05) is 0 Å². The number of ether oxygens (including phenoxy) is 1.